The summed E-state index contributed by atoms with van der Waals surface area (Å²) in [5, 5.41) is 11.6. The molecule has 0 spiro atoms. The van der Waals surface area contributed by atoms with Crippen LogP contribution in [0.2, 0.25) is 0 Å². The van der Waals surface area contributed by atoms with E-state index in [0.29, 0.717) is 11.3 Å². The summed E-state index contributed by atoms with van der Waals surface area (Å²) in [6.07, 6.45) is 4.57. The smallest absolute Gasteiger partial charge is 0.259 e. The number of carbonyl (C=O) groups is 1. The lowest BCUT2D eigenvalue weighted by molar-refractivity contribution is 0.102. The maximum Gasteiger partial charge on any atom is 0.259 e. The molecule has 3 heterocycles. The molecule has 0 atom stereocenters. The first-order valence-electron chi connectivity index (χ1n) is 9.03. The highest BCUT2D eigenvalue weighted by atomic mass is 16.3. The average Bonchev–Trinajstić information content (AvgIpc) is 3.09. The van der Waals surface area contributed by atoms with E-state index in [-0.39, 0.29) is 5.91 Å². The quantitative estimate of drug-likeness (QED) is 0.771. The van der Waals surface area contributed by atoms with Crippen LogP contribution in [-0.2, 0) is 13.0 Å². The topological polar surface area (TPSA) is 73.0 Å². The van der Waals surface area contributed by atoms with Gasteiger partial charge in [0.2, 0.25) is 0 Å². The van der Waals surface area contributed by atoms with Gasteiger partial charge in [0.25, 0.3) is 5.91 Å². The molecule has 134 valence electrons. The van der Waals surface area contributed by atoms with Crippen LogP contribution in [0.15, 0.2) is 34.7 Å². The largest absolute Gasteiger partial charge is 0.466 e. The SMILES string of the molecule is Cc1cc(C(=O)Nc2ccc(-c3nnc4n3CCCCC4)cc2)c(C)o1. The molecule has 4 rings (SSSR count). The molecule has 1 amide bonds. The second-order valence-corrected chi connectivity index (χ2v) is 6.76. The molecule has 2 aromatic heterocycles. The summed E-state index contributed by atoms with van der Waals surface area (Å²) in [6, 6.07) is 9.50. The molecule has 1 N–H and O–H groups in total. The van der Waals surface area contributed by atoms with E-state index in [9.17, 15) is 4.79 Å². The highest BCUT2D eigenvalue weighted by molar-refractivity contribution is 6.05. The van der Waals surface area contributed by atoms with Gasteiger partial charge in [-0.3, -0.25) is 4.79 Å². The van der Waals surface area contributed by atoms with Gasteiger partial charge in [0.1, 0.15) is 17.3 Å². The Morgan fingerprint density at radius 3 is 2.65 bits per heavy atom. The van der Waals surface area contributed by atoms with Gasteiger partial charge in [0.05, 0.1) is 5.56 Å². The number of carbonyl (C=O) groups excluding carboxylic acids is 1. The summed E-state index contributed by atoms with van der Waals surface area (Å²) in [4.78, 5) is 12.4. The Morgan fingerprint density at radius 2 is 1.92 bits per heavy atom. The number of hydrogen-bond acceptors (Lipinski definition) is 4. The van der Waals surface area contributed by atoms with Gasteiger partial charge < -0.3 is 14.3 Å². The van der Waals surface area contributed by atoms with E-state index >= 15 is 0 Å². The molecule has 6 heteroatoms. The second kappa shape index (κ2) is 6.78. The number of amides is 1. The van der Waals surface area contributed by atoms with E-state index in [0.717, 1.165) is 48.0 Å². The number of benzene rings is 1. The standard InChI is InChI=1S/C20H22N4O2/c1-13-12-17(14(2)26-13)20(25)21-16-9-7-15(8-10-16)19-23-22-18-6-4-3-5-11-24(18)19/h7-10,12H,3-6,11H2,1-2H3,(H,21,25). The first kappa shape index (κ1) is 16.6. The van der Waals surface area contributed by atoms with Crippen molar-refractivity contribution in [2.24, 2.45) is 0 Å². The van der Waals surface area contributed by atoms with Crippen LogP contribution in [0.5, 0.6) is 0 Å². The molecular weight excluding hydrogens is 328 g/mol. The minimum atomic E-state index is -0.163. The van der Waals surface area contributed by atoms with Crippen molar-refractivity contribution in [3.8, 4) is 11.4 Å². The third kappa shape index (κ3) is 3.14. The van der Waals surface area contributed by atoms with Gasteiger partial charge >= 0.3 is 0 Å². The number of aromatic nitrogens is 3. The molecular formula is C20H22N4O2. The maximum atomic E-state index is 12.4. The van der Waals surface area contributed by atoms with Crippen molar-refractivity contribution in [3.05, 3.63) is 53.2 Å². The summed E-state index contributed by atoms with van der Waals surface area (Å²) >= 11 is 0. The first-order chi connectivity index (χ1) is 12.6. The predicted molar refractivity (Wildman–Crippen MR) is 99.1 cm³/mol. The first-order valence-corrected chi connectivity index (χ1v) is 9.03. The zero-order valence-electron chi connectivity index (χ0n) is 15.1. The predicted octanol–water partition coefficient (Wildman–Crippen LogP) is 4.13. The van der Waals surface area contributed by atoms with Gasteiger partial charge in [-0.25, -0.2) is 0 Å². The molecule has 0 unspecified atom stereocenters. The molecule has 3 aromatic rings. The van der Waals surface area contributed by atoms with Crippen LogP contribution in [-0.4, -0.2) is 20.7 Å². The minimum absolute atomic E-state index is 0.163. The fraction of sp³-hybridized carbons (Fsp3) is 0.350. The van der Waals surface area contributed by atoms with Crippen LogP contribution in [0.25, 0.3) is 11.4 Å². The Kier molecular flexibility index (Phi) is 4.32. The number of nitrogens with zero attached hydrogens (tertiary/aromatic N) is 3. The van der Waals surface area contributed by atoms with Crippen molar-refractivity contribution >= 4 is 11.6 Å². The fourth-order valence-corrected chi connectivity index (χ4v) is 3.46. The van der Waals surface area contributed by atoms with E-state index in [1.54, 1.807) is 13.0 Å². The summed E-state index contributed by atoms with van der Waals surface area (Å²) < 4.78 is 7.65. The summed E-state index contributed by atoms with van der Waals surface area (Å²) in [7, 11) is 0. The number of aryl methyl sites for hydroxylation is 3. The lowest BCUT2D eigenvalue weighted by Gasteiger charge is -2.08. The number of nitrogens with one attached hydrogen (secondary N) is 1. The van der Waals surface area contributed by atoms with E-state index in [1.165, 1.54) is 12.8 Å². The van der Waals surface area contributed by atoms with E-state index in [4.69, 9.17) is 4.42 Å². The van der Waals surface area contributed by atoms with Crippen LogP contribution in [0.1, 0.15) is 47.0 Å². The van der Waals surface area contributed by atoms with Crippen LogP contribution >= 0.6 is 0 Å². The molecule has 0 radical (unpaired) electrons. The van der Waals surface area contributed by atoms with Crippen molar-refractivity contribution in [1.82, 2.24) is 14.8 Å². The van der Waals surface area contributed by atoms with Gasteiger partial charge in [-0.05, 0) is 57.0 Å². The molecule has 0 aliphatic carbocycles. The summed E-state index contributed by atoms with van der Waals surface area (Å²) in [5.41, 5.74) is 2.32. The Balaban J connectivity index is 1.53. The van der Waals surface area contributed by atoms with Crippen LogP contribution in [0.3, 0.4) is 0 Å². The zero-order valence-corrected chi connectivity index (χ0v) is 15.1. The second-order valence-electron chi connectivity index (χ2n) is 6.76. The summed E-state index contributed by atoms with van der Waals surface area (Å²) in [5.74, 6) is 3.17. The van der Waals surface area contributed by atoms with E-state index in [1.807, 2.05) is 31.2 Å². The lowest BCUT2D eigenvalue weighted by Crippen LogP contribution is -2.12. The molecule has 26 heavy (non-hydrogen) atoms. The molecule has 1 aliphatic heterocycles. The molecule has 1 aromatic carbocycles. The molecule has 0 saturated heterocycles. The van der Waals surface area contributed by atoms with E-state index in [2.05, 4.69) is 20.1 Å². The Labute approximate surface area is 152 Å². The van der Waals surface area contributed by atoms with Crippen LogP contribution in [0, 0.1) is 13.8 Å². The third-order valence-corrected chi connectivity index (χ3v) is 4.80. The minimum Gasteiger partial charge on any atom is -0.466 e. The molecule has 0 bridgehead atoms. The van der Waals surface area contributed by atoms with Gasteiger partial charge in [0.15, 0.2) is 5.82 Å². The van der Waals surface area contributed by atoms with E-state index < -0.39 is 0 Å². The number of fused-ring (bicyclic) bond motifs is 1. The van der Waals surface area contributed by atoms with Gasteiger partial charge in [0, 0.05) is 24.2 Å². The third-order valence-electron chi connectivity index (χ3n) is 4.80. The Bertz CT molecular complexity index is 937. The van der Waals surface area contributed by atoms with Gasteiger partial charge in [-0.1, -0.05) is 6.42 Å². The van der Waals surface area contributed by atoms with Crippen molar-refractivity contribution in [2.75, 3.05) is 5.32 Å². The molecule has 0 fully saturated rings. The van der Waals surface area contributed by atoms with Crippen molar-refractivity contribution in [2.45, 2.75) is 46.1 Å². The lowest BCUT2D eigenvalue weighted by atomic mass is 10.1. The van der Waals surface area contributed by atoms with Crippen LogP contribution in [0.4, 0.5) is 5.69 Å². The molecule has 0 saturated carbocycles. The normalized spacial score (nSPS) is 13.9. The Hall–Kier alpha value is -2.89. The van der Waals surface area contributed by atoms with Crippen molar-refractivity contribution in [3.63, 3.8) is 0 Å². The maximum absolute atomic E-state index is 12.4. The molecule has 6 nitrogen and oxygen atoms in total. The Morgan fingerprint density at radius 1 is 1.12 bits per heavy atom. The average molecular weight is 350 g/mol. The fourth-order valence-electron chi connectivity index (χ4n) is 3.46. The van der Waals surface area contributed by atoms with Crippen molar-refractivity contribution in [1.29, 1.82) is 0 Å². The highest BCUT2D eigenvalue weighted by Crippen LogP contribution is 2.24. The number of anilines is 1. The summed E-state index contributed by atoms with van der Waals surface area (Å²) in [6.45, 7) is 4.59. The van der Waals surface area contributed by atoms with Gasteiger partial charge in [-0.15, -0.1) is 10.2 Å². The highest BCUT2D eigenvalue weighted by Gasteiger charge is 2.17. The number of rotatable bonds is 3. The zero-order chi connectivity index (χ0) is 18.1. The number of furan rings is 1. The number of hydrogen-bond donors (Lipinski definition) is 1. The van der Waals surface area contributed by atoms with Gasteiger partial charge in [-0.2, -0.15) is 0 Å². The van der Waals surface area contributed by atoms with Crippen LogP contribution < -0.4 is 5.32 Å². The molecule has 1 aliphatic rings. The van der Waals surface area contributed by atoms with Crippen molar-refractivity contribution < 1.29 is 9.21 Å². The monoisotopic (exact) mass is 350 g/mol.